The summed E-state index contributed by atoms with van der Waals surface area (Å²) in [6, 6.07) is 7.75. The summed E-state index contributed by atoms with van der Waals surface area (Å²) in [4.78, 5) is 4.24. The van der Waals surface area contributed by atoms with Gasteiger partial charge in [0, 0.05) is 29.9 Å². The van der Waals surface area contributed by atoms with Crippen molar-refractivity contribution in [3.8, 4) is 0 Å². The van der Waals surface area contributed by atoms with E-state index in [9.17, 15) is 8.78 Å². The number of nitrogens with one attached hydrogen (secondary N) is 1. The number of pyridine rings is 1. The van der Waals surface area contributed by atoms with Gasteiger partial charge in [-0.15, -0.1) is 0 Å². The highest BCUT2D eigenvalue weighted by Crippen LogP contribution is 2.28. The van der Waals surface area contributed by atoms with E-state index in [1.807, 2.05) is 25.1 Å². The van der Waals surface area contributed by atoms with Crippen molar-refractivity contribution < 1.29 is 8.78 Å². The van der Waals surface area contributed by atoms with Crippen molar-refractivity contribution in [2.24, 2.45) is 0 Å². The van der Waals surface area contributed by atoms with Crippen LogP contribution in [0.3, 0.4) is 0 Å². The van der Waals surface area contributed by atoms with Crippen LogP contribution in [0.4, 0.5) is 8.78 Å². The Kier molecular flexibility index (Phi) is 5.82. The zero-order valence-corrected chi connectivity index (χ0v) is 13.3. The third-order valence-corrected chi connectivity index (χ3v) is 3.82. The topological polar surface area (TPSA) is 24.9 Å². The van der Waals surface area contributed by atoms with Gasteiger partial charge in [0.1, 0.15) is 11.6 Å². The van der Waals surface area contributed by atoms with Crippen LogP contribution in [0.2, 0.25) is 0 Å². The molecule has 5 heteroatoms. The van der Waals surface area contributed by atoms with E-state index < -0.39 is 17.7 Å². The summed E-state index contributed by atoms with van der Waals surface area (Å²) >= 11 is 3.12. The summed E-state index contributed by atoms with van der Waals surface area (Å²) in [5.74, 6) is -1.10. The van der Waals surface area contributed by atoms with E-state index in [1.54, 1.807) is 6.20 Å². The van der Waals surface area contributed by atoms with E-state index in [1.165, 1.54) is 12.1 Å². The first-order chi connectivity index (χ1) is 10.1. The summed E-state index contributed by atoms with van der Waals surface area (Å²) in [7, 11) is 0. The van der Waals surface area contributed by atoms with Gasteiger partial charge in [-0.25, -0.2) is 8.78 Å². The lowest BCUT2D eigenvalue weighted by Gasteiger charge is -2.20. The molecule has 0 bridgehead atoms. The van der Waals surface area contributed by atoms with E-state index in [0.29, 0.717) is 13.0 Å². The van der Waals surface area contributed by atoms with Gasteiger partial charge in [-0.1, -0.05) is 13.0 Å². The molecule has 1 N–H and O–H groups in total. The third kappa shape index (κ3) is 4.08. The van der Waals surface area contributed by atoms with Crippen LogP contribution in [0.5, 0.6) is 0 Å². The molecule has 0 amide bonds. The normalized spacial score (nSPS) is 12.4. The summed E-state index contributed by atoms with van der Waals surface area (Å²) < 4.78 is 28.7. The van der Waals surface area contributed by atoms with Crippen molar-refractivity contribution in [1.29, 1.82) is 0 Å². The van der Waals surface area contributed by atoms with Crippen molar-refractivity contribution >= 4 is 15.9 Å². The Morgan fingerprint density at radius 2 is 2.05 bits per heavy atom. The average Bonchev–Trinajstić information content (AvgIpc) is 2.50. The fourth-order valence-corrected chi connectivity index (χ4v) is 2.53. The highest BCUT2D eigenvalue weighted by atomic mass is 79.9. The van der Waals surface area contributed by atoms with Gasteiger partial charge in [0.05, 0.1) is 4.47 Å². The highest BCUT2D eigenvalue weighted by molar-refractivity contribution is 9.10. The fraction of sp³-hybridized carbons (Fsp3) is 0.312. The van der Waals surface area contributed by atoms with Crippen LogP contribution in [0.1, 0.15) is 30.6 Å². The molecule has 0 aliphatic rings. The highest BCUT2D eigenvalue weighted by Gasteiger charge is 2.22. The van der Waals surface area contributed by atoms with Crippen molar-refractivity contribution in [1.82, 2.24) is 10.3 Å². The third-order valence-electron chi connectivity index (χ3n) is 3.21. The molecule has 1 unspecified atom stereocenters. The van der Waals surface area contributed by atoms with Crippen LogP contribution in [-0.2, 0) is 6.42 Å². The molecule has 0 spiro atoms. The second kappa shape index (κ2) is 7.61. The van der Waals surface area contributed by atoms with Gasteiger partial charge in [-0.3, -0.25) is 4.98 Å². The number of nitrogens with zero attached hydrogens (tertiary/aromatic N) is 1. The van der Waals surface area contributed by atoms with E-state index in [-0.39, 0.29) is 10.0 Å². The van der Waals surface area contributed by atoms with Gasteiger partial charge < -0.3 is 5.32 Å². The smallest absolute Gasteiger partial charge is 0.145 e. The van der Waals surface area contributed by atoms with Gasteiger partial charge in [-0.2, -0.15) is 0 Å². The minimum Gasteiger partial charge on any atom is -0.309 e. The number of hydrogen-bond donors (Lipinski definition) is 1. The van der Waals surface area contributed by atoms with Crippen molar-refractivity contribution in [3.63, 3.8) is 0 Å². The molecular weight excluding hydrogens is 338 g/mol. The maximum absolute atomic E-state index is 14.3. The van der Waals surface area contributed by atoms with Crippen LogP contribution in [-0.4, -0.2) is 11.5 Å². The lowest BCUT2D eigenvalue weighted by Crippen LogP contribution is -2.26. The molecule has 0 radical (unpaired) electrons. The van der Waals surface area contributed by atoms with Crippen molar-refractivity contribution in [2.45, 2.75) is 25.8 Å². The molecule has 0 saturated carbocycles. The van der Waals surface area contributed by atoms with E-state index >= 15 is 0 Å². The van der Waals surface area contributed by atoms with Crippen LogP contribution in [0.15, 0.2) is 41.0 Å². The second-order valence-electron chi connectivity index (χ2n) is 4.79. The first-order valence-corrected chi connectivity index (χ1v) is 7.69. The van der Waals surface area contributed by atoms with Crippen LogP contribution in [0, 0.1) is 11.6 Å². The van der Waals surface area contributed by atoms with Gasteiger partial charge in [0.25, 0.3) is 0 Å². The summed E-state index contributed by atoms with van der Waals surface area (Å²) in [5.41, 5.74) is 0.855. The Bertz CT molecular complexity index is 590. The number of rotatable bonds is 6. The number of halogens is 3. The van der Waals surface area contributed by atoms with Gasteiger partial charge in [-0.05, 0) is 53.2 Å². The van der Waals surface area contributed by atoms with E-state index in [4.69, 9.17) is 0 Å². The van der Waals surface area contributed by atoms with Crippen LogP contribution in [0.25, 0.3) is 0 Å². The molecule has 21 heavy (non-hydrogen) atoms. The fourth-order valence-electron chi connectivity index (χ4n) is 2.19. The molecule has 0 aliphatic carbocycles. The summed E-state index contributed by atoms with van der Waals surface area (Å²) in [6.45, 7) is 2.70. The second-order valence-corrected chi connectivity index (χ2v) is 5.64. The zero-order chi connectivity index (χ0) is 15.2. The molecule has 2 rings (SSSR count). The Hall–Kier alpha value is -1.33. The van der Waals surface area contributed by atoms with Gasteiger partial charge in [0.2, 0.25) is 0 Å². The lowest BCUT2D eigenvalue weighted by atomic mass is 10.00. The molecule has 1 aromatic heterocycles. The molecular formula is C16H17BrF2N2. The van der Waals surface area contributed by atoms with Crippen molar-refractivity contribution in [2.75, 3.05) is 6.54 Å². The van der Waals surface area contributed by atoms with E-state index in [2.05, 4.69) is 26.2 Å². The number of benzene rings is 1. The minimum atomic E-state index is -0.556. The SMILES string of the molecule is CCCNC(Cc1ccccn1)c1c(F)ccc(Br)c1F. The van der Waals surface area contributed by atoms with Crippen LogP contribution >= 0.6 is 15.9 Å². The average molecular weight is 355 g/mol. The van der Waals surface area contributed by atoms with E-state index in [0.717, 1.165) is 12.1 Å². The number of hydrogen-bond acceptors (Lipinski definition) is 2. The molecule has 2 nitrogen and oxygen atoms in total. The van der Waals surface area contributed by atoms with Crippen molar-refractivity contribution in [3.05, 3.63) is 63.9 Å². The summed E-state index contributed by atoms with van der Waals surface area (Å²) in [6.07, 6.45) is 3.00. The minimum absolute atomic E-state index is 0.0588. The molecule has 2 aromatic rings. The zero-order valence-electron chi connectivity index (χ0n) is 11.7. The van der Waals surface area contributed by atoms with Gasteiger partial charge in [0.15, 0.2) is 0 Å². The molecule has 1 heterocycles. The predicted molar refractivity (Wildman–Crippen MR) is 83.0 cm³/mol. The van der Waals surface area contributed by atoms with Crippen LogP contribution < -0.4 is 5.32 Å². The maximum atomic E-state index is 14.3. The number of aromatic nitrogens is 1. The Labute approximate surface area is 131 Å². The first-order valence-electron chi connectivity index (χ1n) is 6.90. The first kappa shape index (κ1) is 16.0. The Balaban J connectivity index is 2.34. The summed E-state index contributed by atoms with van der Waals surface area (Å²) in [5, 5.41) is 3.20. The standard InChI is InChI=1S/C16H17BrF2N2/c1-2-8-21-14(10-11-5-3-4-9-20-11)15-13(18)7-6-12(17)16(15)19/h3-7,9,14,21H,2,8,10H2,1H3. The largest absolute Gasteiger partial charge is 0.309 e. The predicted octanol–water partition coefficient (Wildman–Crippen LogP) is 4.41. The quantitative estimate of drug-likeness (QED) is 0.777. The molecule has 0 fully saturated rings. The maximum Gasteiger partial charge on any atom is 0.145 e. The molecule has 0 aliphatic heterocycles. The van der Waals surface area contributed by atoms with Gasteiger partial charge >= 0.3 is 0 Å². The monoisotopic (exact) mass is 354 g/mol. The Morgan fingerprint density at radius 1 is 1.24 bits per heavy atom. The Morgan fingerprint density at radius 3 is 2.71 bits per heavy atom. The molecule has 0 saturated heterocycles. The molecule has 1 aromatic carbocycles. The molecule has 1 atom stereocenters. The lowest BCUT2D eigenvalue weighted by molar-refractivity contribution is 0.460. The molecule has 112 valence electrons.